The van der Waals surface area contributed by atoms with Crippen molar-refractivity contribution in [2.45, 2.75) is 6.61 Å². The summed E-state index contributed by atoms with van der Waals surface area (Å²) in [5.74, 6) is -0.537. The summed E-state index contributed by atoms with van der Waals surface area (Å²) in [6.07, 6.45) is 1.46. The van der Waals surface area contributed by atoms with Gasteiger partial charge in [0.1, 0.15) is 17.9 Å². The van der Waals surface area contributed by atoms with Gasteiger partial charge in [0.25, 0.3) is 11.8 Å². The van der Waals surface area contributed by atoms with Crippen LogP contribution in [0, 0.1) is 0 Å². The van der Waals surface area contributed by atoms with Crippen molar-refractivity contribution in [3.63, 3.8) is 0 Å². The molecular weight excluding hydrogens is 459 g/mol. The number of hydrogen-bond donors (Lipinski definition) is 1. The highest BCUT2D eigenvalue weighted by Crippen LogP contribution is 2.29. The van der Waals surface area contributed by atoms with Gasteiger partial charge in [-0.15, -0.1) is 0 Å². The molecule has 1 N–H and O–H groups in total. The van der Waals surface area contributed by atoms with Crippen molar-refractivity contribution in [3.8, 4) is 5.75 Å². The maximum absolute atomic E-state index is 12.8. The van der Waals surface area contributed by atoms with E-state index >= 15 is 0 Å². The summed E-state index contributed by atoms with van der Waals surface area (Å²) in [6, 6.07) is 18.9. The van der Waals surface area contributed by atoms with Crippen LogP contribution in [0.4, 0.5) is 5.69 Å². The van der Waals surface area contributed by atoms with Gasteiger partial charge < -0.3 is 4.74 Å². The minimum absolute atomic E-state index is 0.0273. The van der Waals surface area contributed by atoms with Crippen LogP contribution in [0.5, 0.6) is 5.75 Å². The summed E-state index contributed by atoms with van der Waals surface area (Å²) in [6.45, 7) is 0.171. The molecule has 0 saturated carbocycles. The van der Waals surface area contributed by atoms with Gasteiger partial charge in [0.15, 0.2) is 0 Å². The van der Waals surface area contributed by atoms with E-state index in [9.17, 15) is 9.59 Å². The number of hydrogen-bond acceptors (Lipinski definition) is 3. The first kappa shape index (κ1) is 21.2. The minimum atomic E-state index is -0.513. The van der Waals surface area contributed by atoms with Crippen LogP contribution in [0.1, 0.15) is 11.1 Å². The Kier molecular flexibility index (Phi) is 6.18. The van der Waals surface area contributed by atoms with Crippen LogP contribution in [-0.4, -0.2) is 11.8 Å². The highest BCUT2D eigenvalue weighted by Gasteiger charge is 2.34. The van der Waals surface area contributed by atoms with Gasteiger partial charge in [-0.05, 0) is 48.5 Å². The lowest BCUT2D eigenvalue weighted by molar-refractivity contribution is -0.117. The average molecular weight is 474 g/mol. The summed E-state index contributed by atoms with van der Waals surface area (Å²) in [5.41, 5.74) is 4.33. The lowest BCUT2D eigenvalue weighted by Gasteiger charge is -2.14. The van der Waals surface area contributed by atoms with Crippen LogP contribution < -0.4 is 15.2 Å². The number of carbonyl (C=O) groups is 2. The molecule has 0 bridgehead atoms. The standard InChI is InChI=1S/C23H15Cl3N2O3/c24-16-8-9-21(31-13-14-6-7-17(25)12-20(14)26)15(10-16)11-19-22(29)27-28(23(19)30)18-4-2-1-3-5-18/h1-12H,13H2,(H,27,29)/b19-11+. The van der Waals surface area contributed by atoms with Gasteiger partial charge in [0.2, 0.25) is 0 Å². The first-order valence-electron chi connectivity index (χ1n) is 9.21. The molecule has 156 valence electrons. The Balaban J connectivity index is 1.62. The van der Waals surface area contributed by atoms with E-state index in [4.69, 9.17) is 39.5 Å². The number of halogens is 3. The highest BCUT2D eigenvalue weighted by atomic mass is 35.5. The van der Waals surface area contributed by atoms with E-state index in [1.54, 1.807) is 60.7 Å². The van der Waals surface area contributed by atoms with Crippen molar-refractivity contribution >= 4 is 58.4 Å². The highest BCUT2D eigenvalue weighted by molar-refractivity contribution is 6.35. The zero-order valence-corrected chi connectivity index (χ0v) is 18.2. The molecule has 1 saturated heterocycles. The lowest BCUT2D eigenvalue weighted by Crippen LogP contribution is -2.35. The second-order valence-electron chi connectivity index (χ2n) is 6.68. The van der Waals surface area contributed by atoms with Gasteiger partial charge in [-0.3, -0.25) is 15.0 Å². The normalized spacial score (nSPS) is 14.8. The van der Waals surface area contributed by atoms with E-state index in [1.807, 2.05) is 6.07 Å². The first-order chi connectivity index (χ1) is 14.9. The second kappa shape index (κ2) is 9.02. The van der Waals surface area contributed by atoms with Crippen LogP contribution in [0.25, 0.3) is 6.08 Å². The van der Waals surface area contributed by atoms with Crippen LogP contribution in [-0.2, 0) is 16.2 Å². The quantitative estimate of drug-likeness (QED) is 0.383. The smallest absolute Gasteiger partial charge is 0.282 e. The van der Waals surface area contributed by atoms with E-state index in [0.717, 1.165) is 5.56 Å². The summed E-state index contributed by atoms with van der Waals surface area (Å²) in [5, 5.41) is 2.64. The topological polar surface area (TPSA) is 58.6 Å². The van der Waals surface area contributed by atoms with Gasteiger partial charge in [-0.25, -0.2) is 5.01 Å². The fourth-order valence-electron chi connectivity index (χ4n) is 3.03. The maximum atomic E-state index is 12.8. The molecule has 31 heavy (non-hydrogen) atoms. The van der Waals surface area contributed by atoms with Crippen molar-refractivity contribution in [2.24, 2.45) is 0 Å². The van der Waals surface area contributed by atoms with Crippen LogP contribution in [0.3, 0.4) is 0 Å². The number of nitrogens with one attached hydrogen (secondary N) is 1. The summed E-state index contributed by atoms with van der Waals surface area (Å²) in [7, 11) is 0. The predicted octanol–water partition coefficient (Wildman–Crippen LogP) is 5.69. The zero-order valence-electron chi connectivity index (χ0n) is 15.9. The number of rotatable bonds is 5. The van der Waals surface area contributed by atoms with Crippen molar-refractivity contribution < 1.29 is 14.3 Å². The van der Waals surface area contributed by atoms with Gasteiger partial charge in [-0.1, -0.05) is 59.1 Å². The molecule has 3 aromatic rings. The maximum Gasteiger partial charge on any atom is 0.282 e. The van der Waals surface area contributed by atoms with Crippen molar-refractivity contribution in [3.05, 3.63) is 98.5 Å². The molecule has 3 aromatic carbocycles. The average Bonchev–Trinajstić information content (AvgIpc) is 3.03. The minimum Gasteiger partial charge on any atom is -0.488 e. The van der Waals surface area contributed by atoms with Crippen LogP contribution in [0.2, 0.25) is 15.1 Å². The number of nitrogens with zero attached hydrogens (tertiary/aromatic N) is 1. The number of hydrazine groups is 1. The van der Waals surface area contributed by atoms with Crippen molar-refractivity contribution in [1.82, 2.24) is 5.43 Å². The summed E-state index contributed by atoms with van der Waals surface area (Å²) in [4.78, 5) is 25.3. The Labute approximate surface area is 193 Å². The number of carbonyl (C=O) groups excluding carboxylic acids is 2. The molecule has 0 spiro atoms. The molecule has 0 aliphatic carbocycles. The molecule has 0 radical (unpaired) electrons. The molecule has 1 aliphatic heterocycles. The van der Waals surface area contributed by atoms with Gasteiger partial charge >= 0.3 is 0 Å². The fraction of sp³-hybridized carbons (Fsp3) is 0.0435. The summed E-state index contributed by atoms with van der Waals surface area (Å²) >= 11 is 18.3. The molecular formula is C23H15Cl3N2O3. The number of para-hydroxylation sites is 1. The molecule has 0 atom stereocenters. The number of ether oxygens (including phenoxy) is 1. The van der Waals surface area contributed by atoms with E-state index in [-0.39, 0.29) is 12.2 Å². The number of amides is 2. The molecule has 1 fully saturated rings. The first-order valence-corrected chi connectivity index (χ1v) is 10.3. The van der Waals surface area contributed by atoms with E-state index in [2.05, 4.69) is 5.43 Å². The largest absolute Gasteiger partial charge is 0.488 e. The third-order valence-electron chi connectivity index (χ3n) is 4.58. The monoisotopic (exact) mass is 472 g/mol. The van der Waals surface area contributed by atoms with E-state index in [0.29, 0.717) is 32.1 Å². The number of anilines is 1. The Morgan fingerprint density at radius 1 is 0.903 bits per heavy atom. The fourth-order valence-corrected chi connectivity index (χ4v) is 3.67. The van der Waals surface area contributed by atoms with Gasteiger partial charge in [0.05, 0.1) is 5.69 Å². The van der Waals surface area contributed by atoms with Crippen LogP contribution in [0.15, 0.2) is 72.3 Å². The molecule has 0 unspecified atom stereocenters. The molecule has 1 aliphatic rings. The molecule has 2 amide bonds. The van der Waals surface area contributed by atoms with E-state index < -0.39 is 11.8 Å². The molecule has 8 heteroatoms. The SMILES string of the molecule is O=C1NN(c2ccccc2)C(=O)/C1=C/c1cc(Cl)ccc1OCc1ccc(Cl)cc1Cl. The zero-order chi connectivity index (χ0) is 22.0. The van der Waals surface area contributed by atoms with Gasteiger partial charge in [0, 0.05) is 26.2 Å². The molecule has 4 rings (SSSR count). The Bertz CT molecular complexity index is 1200. The summed E-state index contributed by atoms with van der Waals surface area (Å²) < 4.78 is 5.90. The number of benzene rings is 3. The second-order valence-corrected chi connectivity index (χ2v) is 7.96. The molecule has 1 heterocycles. The van der Waals surface area contributed by atoms with Crippen molar-refractivity contribution in [1.29, 1.82) is 0 Å². The molecule has 0 aromatic heterocycles. The van der Waals surface area contributed by atoms with E-state index in [1.165, 1.54) is 11.1 Å². The van der Waals surface area contributed by atoms with Crippen LogP contribution >= 0.6 is 34.8 Å². The Morgan fingerprint density at radius 3 is 2.35 bits per heavy atom. The Morgan fingerprint density at radius 2 is 1.61 bits per heavy atom. The Hall–Kier alpha value is -2.99. The molecule has 5 nitrogen and oxygen atoms in total. The predicted molar refractivity (Wildman–Crippen MR) is 122 cm³/mol. The third kappa shape index (κ3) is 4.69. The van der Waals surface area contributed by atoms with Crippen molar-refractivity contribution in [2.75, 3.05) is 5.01 Å². The lowest BCUT2D eigenvalue weighted by atomic mass is 10.1. The third-order valence-corrected chi connectivity index (χ3v) is 5.40. The van der Waals surface area contributed by atoms with Gasteiger partial charge in [-0.2, -0.15) is 0 Å².